The van der Waals surface area contributed by atoms with E-state index in [9.17, 15) is 8.78 Å². The van der Waals surface area contributed by atoms with Crippen LogP contribution in [0.4, 0.5) is 8.78 Å². The molecule has 2 aliphatic rings. The van der Waals surface area contributed by atoms with E-state index in [2.05, 4.69) is 43.4 Å². The van der Waals surface area contributed by atoms with E-state index in [1.807, 2.05) is 0 Å². The number of rotatable bonds is 10. The molecule has 0 bridgehead atoms. The molecule has 2 fully saturated rings. The number of alkyl halides is 3. The summed E-state index contributed by atoms with van der Waals surface area (Å²) in [5, 5.41) is 0. The second-order valence-electron chi connectivity index (χ2n) is 9.96. The molecule has 0 N–H and O–H groups in total. The van der Waals surface area contributed by atoms with Crippen molar-refractivity contribution >= 4 is 22.6 Å². The van der Waals surface area contributed by atoms with Crippen LogP contribution in [-0.4, -0.2) is 9.85 Å². The highest BCUT2D eigenvalue weighted by Crippen LogP contribution is 2.61. The molecular formula is C22H39F2I. The molecule has 0 amide bonds. The van der Waals surface area contributed by atoms with E-state index in [1.165, 1.54) is 51.4 Å². The Morgan fingerprint density at radius 2 is 1.64 bits per heavy atom. The topological polar surface area (TPSA) is 0 Å². The number of hydrogen-bond acceptors (Lipinski definition) is 0. The maximum absolute atomic E-state index is 13.2. The van der Waals surface area contributed by atoms with E-state index in [1.54, 1.807) is 0 Å². The molecule has 3 heteroatoms. The van der Waals surface area contributed by atoms with Crippen LogP contribution in [0.1, 0.15) is 98.3 Å². The first-order valence-electron chi connectivity index (χ1n) is 10.6. The van der Waals surface area contributed by atoms with Crippen molar-refractivity contribution in [3.05, 3.63) is 0 Å². The lowest BCUT2D eigenvalue weighted by molar-refractivity contribution is 0.00592. The number of hydrogen-bond donors (Lipinski definition) is 0. The standard InChI is InChI=1S/C22H39F2I/c1-16(2)13-18(14-17(3)9-10-21(4,23)24)15-22(11-12-22)19-5-7-20(25)8-6-19/h16-20H,5-15H2,1-4H3/t17-,18-,19?,20?/m1/s1. The van der Waals surface area contributed by atoms with E-state index < -0.39 is 5.92 Å². The quantitative estimate of drug-likeness (QED) is 0.224. The minimum absolute atomic E-state index is 0.0490. The second kappa shape index (κ2) is 9.19. The predicted octanol–water partition coefficient (Wildman–Crippen LogP) is 8.27. The molecule has 0 spiro atoms. The molecule has 148 valence electrons. The zero-order chi connectivity index (χ0) is 18.7. The van der Waals surface area contributed by atoms with E-state index in [0.29, 0.717) is 23.7 Å². The Kier molecular flexibility index (Phi) is 8.04. The van der Waals surface area contributed by atoms with Gasteiger partial charge in [0.1, 0.15) is 0 Å². The van der Waals surface area contributed by atoms with Crippen LogP contribution in [0.15, 0.2) is 0 Å². The van der Waals surface area contributed by atoms with Crippen molar-refractivity contribution in [3.8, 4) is 0 Å². The molecule has 0 aromatic heterocycles. The van der Waals surface area contributed by atoms with Gasteiger partial charge >= 0.3 is 0 Å². The zero-order valence-corrected chi connectivity index (χ0v) is 19.0. The van der Waals surface area contributed by atoms with E-state index in [4.69, 9.17) is 0 Å². The summed E-state index contributed by atoms with van der Waals surface area (Å²) in [6.45, 7) is 7.89. The minimum Gasteiger partial charge on any atom is -0.207 e. The first-order chi connectivity index (χ1) is 11.6. The van der Waals surface area contributed by atoms with Gasteiger partial charge < -0.3 is 0 Å². The fraction of sp³-hybridized carbons (Fsp3) is 1.00. The zero-order valence-electron chi connectivity index (χ0n) is 16.8. The van der Waals surface area contributed by atoms with Crippen LogP contribution < -0.4 is 0 Å². The molecule has 25 heavy (non-hydrogen) atoms. The van der Waals surface area contributed by atoms with Crippen LogP contribution in [0.3, 0.4) is 0 Å². The van der Waals surface area contributed by atoms with Crippen molar-refractivity contribution in [2.75, 3.05) is 0 Å². The largest absolute Gasteiger partial charge is 0.245 e. The van der Waals surface area contributed by atoms with Gasteiger partial charge in [-0.1, -0.05) is 43.4 Å². The molecule has 0 aromatic carbocycles. The van der Waals surface area contributed by atoms with Gasteiger partial charge in [0.25, 0.3) is 0 Å². The molecule has 2 aliphatic carbocycles. The van der Waals surface area contributed by atoms with Crippen LogP contribution in [0.25, 0.3) is 0 Å². The van der Waals surface area contributed by atoms with E-state index in [-0.39, 0.29) is 6.42 Å². The maximum atomic E-state index is 13.2. The Morgan fingerprint density at radius 1 is 1.04 bits per heavy atom. The molecule has 0 saturated heterocycles. The Balaban J connectivity index is 1.88. The molecule has 0 nitrogen and oxygen atoms in total. The van der Waals surface area contributed by atoms with Crippen molar-refractivity contribution in [1.29, 1.82) is 0 Å². The van der Waals surface area contributed by atoms with E-state index >= 15 is 0 Å². The molecule has 0 unspecified atom stereocenters. The Morgan fingerprint density at radius 3 is 2.12 bits per heavy atom. The minimum atomic E-state index is -2.50. The predicted molar refractivity (Wildman–Crippen MR) is 113 cm³/mol. The summed E-state index contributed by atoms with van der Waals surface area (Å²) in [5.41, 5.74) is 0.630. The normalized spacial score (nSPS) is 28.8. The lowest BCUT2D eigenvalue weighted by Crippen LogP contribution is -2.26. The molecular weight excluding hydrogens is 429 g/mol. The molecule has 0 aromatic rings. The van der Waals surface area contributed by atoms with Gasteiger partial charge in [0, 0.05) is 10.3 Å². The SMILES string of the molecule is CC(C)C[C@H](C[C@H](C)CCC(C)(F)F)CC1(C2CCC(I)CC2)CC1. The van der Waals surface area contributed by atoms with Gasteiger partial charge in [0.2, 0.25) is 5.92 Å². The Bertz CT molecular complexity index is 389. The van der Waals surface area contributed by atoms with Crippen molar-refractivity contribution in [3.63, 3.8) is 0 Å². The highest BCUT2D eigenvalue weighted by Gasteiger charge is 2.50. The summed E-state index contributed by atoms with van der Waals surface area (Å²) in [5.74, 6) is 0.322. The number of halogens is 3. The van der Waals surface area contributed by atoms with Crippen molar-refractivity contribution in [2.45, 2.75) is 108 Å². The summed E-state index contributed by atoms with van der Waals surface area (Å²) in [7, 11) is 0. The maximum Gasteiger partial charge on any atom is 0.245 e. The van der Waals surface area contributed by atoms with Crippen LogP contribution in [0, 0.1) is 29.1 Å². The van der Waals surface area contributed by atoms with Crippen molar-refractivity contribution in [2.24, 2.45) is 29.1 Å². The first kappa shape index (κ1) is 21.9. The molecule has 0 aliphatic heterocycles. The third kappa shape index (κ3) is 7.62. The summed E-state index contributed by atoms with van der Waals surface area (Å²) < 4.78 is 27.3. The van der Waals surface area contributed by atoms with Gasteiger partial charge in [-0.15, -0.1) is 0 Å². The molecule has 2 saturated carbocycles. The monoisotopic (exact) mass is 468 g/mol. The molecule has 0 radical (unpaired) electrons. The molecule has 2 rings (SSSR count). The average Bonchev–Trinajstić information content (AvgIpc) is 3.25. The smallest absolute Gasteiger partial charge is 0.207 e. The fourth-order valence-corrected chi connectivity index (χ4v) is 6.02. The Labute approximate surface area is 168 Å². The third-order valence-electron chi connectivity index (χ3n) is 6.73. The van der Waals surface area contributed by atoms with Gasteiger partial charge in [-0.2, -0.15) is 0 Å². The van der Waals surface area contributed by atoms with Gasteiger partial charge in [0.05, 0.1) is 0 Å². The van der Waals surface area contributed by atoms with Crippen molar-refractivity contribution < 1.29 is 8.78 Å². The van der Waals surface area contributed by atoms with Crippen LogP contribution in [0.2, 0.25) is 0 Å². The first-order valence-corrected chi connectivity index (χ1v) is 11.9. The van der Waals surface area contributed by atoms with Gasteiger partial charge in [0.15, 0.2) is 0 Å². The Hall–Kier alpha value is 0.590. The third-order valence-corrected chi connectivity index (χ3v) is 7.97. The van der Waals surface area contributed by atoms with Crippen molar-refractivity contribution in [1.82, 2.24) is 0 Å². The summed E-state index contributed by atoms with van der Waals surface area (Å²) >= 11 is 2.63. The van der Waals surface area contributed by atoms with Gasteiger partial charge in [-0.3, -0.25) is 0 Å². The summed E-state index contributed by atoms with van der Waals surface area (Å²) in [6.07, 6.45) is 13.0. The second-order valence-corrected chi connectivity index (χ2v) is 11.7. The van der Waals surface area contributed by atoms with Gasteiger partial charge in [-0.05, 0) is 100 Å². The average molecular weight is 468 g/mol. The fourth-order valence-electron chi connectivity index (χ4n) is 5.30. The summed E-state index contributed by atoms with van der Waals surface area (Å²) in [4.78, 5) is 0. The van der Waals surface area contributed by atoms with E-state index in [0.717, 1.165) is 29.1 Å². The van der Waals surface area contributed by atoms with Crippen LogP contribution in [-0.2, 0) is 0 Å². The molecule has 2 atom stereocenters. The van der Waals surface area contributed by atoms with Gasteiger partial charge in [-0.25, -0.2) is 8.78 Å². The molecule has 0 heterocycles. The lowest BCUT2D eigenvalue weighted by atomic mass is 9.71. The van der Waals surface area contributed by atoms with Crippen LogP contribution >= 0.6 is 22.6 Å². The summed E-state index contributed by atoms with van der Waals surface area (Å²) in [6, 6.07) is 0. The highest BCUT2D eigenvalue weighted by molar-refractivity contribution is 14.1. The van der Waals surface area contributed by atoms with Crippen LogP contribution in [0.5, 0.6) is 0 Å². The highest BCUT2D eigenvalue weighted by atomic mass is 127. The lowest BCUT2D eigenvalue weighted by Gasteiger charge is -2.36.